The van der Waals surface area contributed by atoms with Gasteiger partial charge >= 0.3 is 5.97 Å². The van der Waals surface area contributed by atoms with E-state index in [4.69, 9.17) is 13.3 Å². The van der Waals surface area contributed by atoms with Crippen molar-refractivity contribution in [2.75, 3.05) is 0 Å². The van der Waals surface area contributed by atoms with Gasteiger partial charge in [-0.1, -0.05) is 0 Å². The second-order valence-electron chi connectivity index (χ2n) is 8.70. The van der Waals surface area contributed by atoms with Crippen LogP contribution in [0.5, 0.6) is 0 Å². The maximum atomic E-state index is 12.4. The topological polar surface area (TPSA) is 74.2 Å². The molecule has 0 aromatic carbocycles. The van der Waals surface area contributed by atoms with Crippen LogP contribution in [0.2, 0.25) is 58.9 Å². The van der Waals surface area contributed by atoms with Gasteiger partial charge < -0.3 is 13.3 Å². The maximum Gasteiger partial charge on any atom is 0.318 e. The van der Waals surface area contributed by atoms with Gasteiger partial charge in [0, 0.05) is 6.92 Å². The van der Waals surface area contributed by atoms with E-state index in [-0.39, 0.29) is 6.42 Å². The Morgan fingerprint density at radius 3 is 1.58 bits per heavy atom. The first kappa shape index (κ1) is 23.1. The third kappa shape index (κ3) is 12.5. The lowest BCUT2D eigenvalue weighted by Crippen LogP contribution is -2.38. The number of hydrogen-bond acceptors (Lipinski definition) is 6. The van der Waals surface area contributed by atoms with Gasteiger partial charge in [-0.05, 0) is 58.9 Å². The average molecular weight is 392 g/mol. The molecule has 1 unspecified atom stereocenters. The van der Waals surface area contributed by atoms with Crippen LogP contribution < -0.4 is 0 Å². The highest BCUT2D eigenvalue weighted by Crippen LogP contribution is 2.14. The third-order valence-electron chi connectivity index (χ3n) is 2.25. The standard InChI is InChI=1S/C15H33NO5Si3/c1-12(19-22(2,3)4)16-13(15(18)21-24(8,9)10)11-14(17)20-23(5,6)7/h13H,11H2,1-10H3. The van der Waals surface area contributed by atoms with E-state index in [1.54, 1.807) is 6.92 Å². The van der Waals surface area contributed by atoms with Crippen LogP contribution in [-0.2, 0) is 22.9 Å². The van der Waals surface area contributed by atoms with E-state index in [0.29, 0.717) is 5.90 Å². The van der Waals surface area contributed by atoms with E-state index >= 15 is 0 Å². The van der Waals surface area contributed by atoms with Gasteiger partial charge in [-0.25, -0.2) is 4.99 Å². The highest BCUT2D eigenvalue weighted by molar-refractivity contribution is 6.72. The zero-order valence-electron chi connectivity index (χ0n) is 16.8. The summed E-state index contributed by atoms with van der Waals surface area (Å²) in [6.07, 6.45) is -0.125. The Morgan fingerprint density at radius 1 is 0.792 bits per heavy atom. The van der Waals surface area contributed by atoms with Crippen LogP contribution in [0.15, 0.2) is 4.99 Å². The Hall–Kier alpha value is -0.939. The van der Waals surface area contributed by atoms with Gasteiger partial charge in [0.15, 0.2) is 11.9 Å². The molecule has 6 nitrogen and oxygen atoms in total. The van der Waals surface area contributed by atoms with Crippen molar-refractivity contribution in [3.05, 3.63) is 0 Å². The molecule has 0 rings (SSSR count). The fourth-order valence-electron chi connectivity index (χ4n) is 1.78. The Balaban J connectivity index is 5.26. The maximum absolute atomic E-state index is 12.4. The van der Waals surface area contributed by atoms with Gasteiger partial charge in [0.2, 0.25) is 25.0 Å². The first-order valence-corrected chi connectivity index (χ1v) is 18.4. The summed E-state index contributed by atoms with van der Waals surface area (Å²) >= 11 is 0. The zero-order chi connectivity index (χ0) is 19.3. The molecule has 0 aromatic rings. The van der Waals surface area contributed by atoms with Crippen LogP contribution >= 0.6 is 0 Å². The number of carbonyl (C=O) groups excluding carboxylic acids is 2. The fourth-order valence-corrected chi connectivity index (χ4v) is 4.23. The lowest BCUT2D eigenvalue weighted by molar-refractivity contribution is -0.142. The van der Waals surface area contributed by atoms with Crippen LogP contribution in [0.1, 0.15) is 13.3 Å². The fraction of sp³-hybridized carbons (Fsp3) is 0.800. The molecule has 0 spiro atoms. The number of rotatable bonds is 7. The Bertz CT molecular complexity index is 487. The number of carbonyl (C=O) groups is 2. The van der Waals surface area contributed by atoms with Gasteiger partial charge in [-0.2, -0.15) is 0 Å². The van der Waals surface area contributed by atoms with Crippen molar-refractivity contribution >= 4 is 42.8 Å². The number of aliphatic imine (C=N–C) groups is 1. The average Bonchev–Trinajstić information content (AvgIpc) is 2.19. The lowest BCUT2D eigenvalue weighted by atomic mass is 10.2. The van der Waals surface area contributed by atoms with Crippen molar-refractivity contribution in [3.8, 4) is 0 Å². The summed E-state index contributed by atoms with van der Waals surface area (Å²) in [6.45, 7) is 19.3. The molecule has 1 atom stereocenters. The van der Waals surface area contributed by atoms with E-state index in [2.05, 4.69) is 4.99 Å². The van der Waals surface area contributed by atoms with E-state index in [9.17, 15) is 9.59 Å². The van der Waals surface area contributed by atoms with Gasteiger partial charge in [0.25, 0.3) is 5.97 Å². The Morgan fingerprint density at radius 2 is 1.21 bits per heavy atom. The largest absolute Gasteiger partial charge is 0.535 e. The van der Waals surface area contributed by atoms with Crippen molar-refractivity contribution in [1.82, 2.24) is 0 Å². The highest BCUT2D eigenvalue weighted by Gasteiger charge is 2.31. The summed E-state index contributed by atoms with van der Waals surface area (Å²) in [5.41, 5.74) is 0. The minimum absolute atomic E-state index is 0.125. The van der Waals surface area contributed by atoms with Crippen LogP contribution in [0.25, 0.3) is 0 Å². The van der Waals surface area contributed by atoms with Crippen LogP contribution in [0.4, 0.5) is 0 Å². The SMILES string of the molecule is CC(=NC(CC(=O)O[Si](C)(C)C)C(=O)O[Si](C)(C)C)O[Si](C)(C)C. The predicted molar refractivity (Wildman–Crippen MR) is 105 cm³/mol. The summed E-state index contributed by atoms with van der Waals surface area (Å²) < 4.78 is 16.7. The summed E-state index contributed by atoms with van der Waals surface area (Å²) in [4.78, 5) is 28.9. The van der Waals surface area contributed by atoms with Gasteiger partial charge in [-0.15, -0.1) is 0 Å². The minimum Gasteiger partial charge on any atom is -0.535 e. The molecule has 24 heavy (non-hydrogen) atoms. The quantitative estimate of drug-likeness (QED) is 0.375. The lowest BCUT2D eigenvalue weighted by Gasteiger charge is -2.24. The van der Waals surface area contributed by atoms with Crippen LogP contribution in [-0.4, -0.2) is 48.8 Å². The molecule has 0 N–H and O–H groups in total. The van der Waals surface area contributed by atoms with Crippen molar-refractivity contribution in [2.45, 2.75) is 78.3 Å². The smallest absolute Gasteiger partial charge is 0.318 e. The molecule has 0 saturated heterocycles. The summed E-state index contributed by atoms with van der Waals surface area (Å²) in [6, 6.07) is -0.920. The van der Waals surface area contributed by atoms with Gasteiger partial charge in [0.1, 0.15) is 0 Å². The molecule has 0 aliphatic carbocycles. The zero-order valence-corrected chi connectivity index (χ0v) is 19.8. The minimum atomic E-state index is -2.07. The highest BCUT2D eigenvalue weighted by atomic mass is 28.4. The molecule has 0 aliphatic heterocycles. The molecule has 0 radical (unpaired) electrons. The first-order valence-electron chi connectivity index (χ1n) is 8.17. The van der Waals surface area contributed by atoms with Crippen molar-refractivity contribution in [1.29, 1.82) is 0 Å². The van der Waals surface area contributed by atoms with Crippen molar-refractivity contribution in [2.24, 2.45) is 4.99 Å². The monoisotopic (exact) mass is 391 g/mol. The summed E-state index contributed by atoms with van der Waals surface area (Å²) in [5.74, 6) is -0.496. The predicted octanol–water partition coefficient (Wildman–Crippen LogP) is 3.77. The third-order valence-corrected chi connectivity index (χ3v) is 4.81. The molecule has 140 valence electrons. The van der Waals surface area contributed by atoms with Crippen LogP contribution in [0.3, 0.4) is 0 Å². The van der Waals surface area contributed by atoms with E-state index in [1.807, 2.05) is 58.9 Å². The molecular weight excluding hydrogens is 358 g/mol. The van der Waals surface area contributed by atoms with Crippen molar-refractivity contribution in [3.63, 3.8) is 0 Å². The van der Waals surface area contributed by atoms with Crippen LogP contribution in [0, 0.1) is 0 Å². The molecule has 0 heterocycles. The number of hydrogen-bond donors (Lipinski definition) is 0. The van der Waals surface area contributed by atoms with Crippen molar-refractivity contribution < 1.29 is 22.9 Å². The molecule has 0 fully saturated rings. The molecule has 0 bridgehead atoms. The molecule has 9 heteroatoms. The summed E-state index contributed by atoms with van der Waals surface area (Å²) in [5, 5.41) is 0. The van der Waals surface area contributed by atoms with E-state index in [1.165, 1.54) is 0 Å². The molecule has 0 aliphatic rings. The van der Waals surface area contributed by atoms with Gasteiger partial charge in [0.05, 0.1) is 6.42 Å². The van der Waals surface area contributed by atoms with E-state index < -0.39 is 42.9 Å². The molecule has 0 amide bonds. The Labute approximate surface area is 149 Å². The second-order valence-corrected chi connectivity index (χ2v) is 22.0. The second kappa shape index (κ2) is 8.43. The normalized spacial score (nSPS) is 14.8. The molecule has 0 aromatic heterocycles. The molecular formula is C15H33NO5Si3. The van der Waals surface area contributed by atoms with Gasteiger partial charge in [-0.3, -0.25) is 9.59 Å². The molecule has 0 saturated carbocycles. The Kier molecular flexibility index (Phi) is 8.10. The summed E-state index contributed by atoms with van der Waals surface area (Å²) in [7, 11) is -5.92. The number of nitrogens with zero attached hydrogens (tertiary/aromatic N) is 1. The van der Waals surface area contributed by atoms with E-state index in [0.717, 1.165) is 0 Å². The first-order chi connectivity index (χ1) is 10.5.